The first kappa shape index (κ1) is 21.5. The molecule has 8 nitrogen and oxygen atoms in total. The zero-order valence-electron chi connectivity index (χ0n) is 14.6. The molecule has 0 saturated carbocycles. The summed E-state index contributed by atoms with van der Waals surface area (Å²) in [6, 6.07) is 3.44. The number of nitrogens with zero attached hydrogens (tertiary/aromatic N) is 4. The van der Waals surface area contributed by atoms with Gasteiger partial charge >= 0.3 is 12.2 Å². The molecule has 0 spiro atoms. The van der Waals surface area contributed by atoms with Gasteiger partial charge in [-0.2, -0.15) is 23.4 Å². The molecule has 0 unspecified atom stereocenters. The highest BCUT2D eigenvalue weighted by atomic mass is 35.5. The average Bonchev–Trinajstić information content (AvgIpc) is 2.58. The molecule has 0 amide bonds. The van der Waals surface area contributed by atoms with Crippen molar-refractivity contribution in [3.05, 3.63) is 44.8 Å². The van der Waals surface area contributed by atoms with Crippen LogP contribution in [0, 0.1) is 11.3 Å². The van der Waals surface area contributed by atoms with Gasteiger partial charge in [0, 0.05) is 13.1 Å². The third-order valence-corrected chi connectivity index (χ3v) is 5.12. The molecular weight excluding hydrogens is 425 g/mol. The van der Waals surface area contributed by atoms with Crippen LogP contribution in [0.15, 0.2) is 23.0 Å². The highest BCUT2D eigenvalue weighted by molar-refractivity contribution is 7.92. The first-order valence-corrected chi connectivity index (χ1v) is 9.47. The number of nitriles is 1. The van der Waals surface area contributed by atoms with Gasteiger partial charge in [-0.15, -0.1) is 0 Å². The van der Waals surface area contributed by atoms with Crippen molar-refractivity contribution in [3.63, 3.8) is 0 Å². The molecule has 0 N–H and O–H groups in total. The largest absolute Gasteiger partial charge is 0.468 e. The van der Waals surface area contributed by atoms with Crippen molar-refractivity contribution in [2.24, 2.45) is 0 Å². The first-order valence-electron chi connectivity index (χ1n) is 7.24. The van der Waals surface area contributed by atoms with E-state index in [9.17, 15) is 31.6 Å². The van der Waals surface area contributed by atoms with Crippen LogP contribution in [-0.4, -0.2) is 38.4 Å². The van der Waals surface area contributed by atoms with Crippen molar-refractivity contribution >= 4 is 27.3 Å². The molecular formula is C15H12ClF3N4O4S. The molecule has 2 rings (SSSR count). The fraction of sp³-hybridized carbons (Fsp3) is 0.267. The Morgan fingerprint density at radius 1 is 1.32 bits per heavy atom. The second-order valence-electron chi connectivity index (χ2n) is 5.46. The normalized spacial score (nSPS) is 11.8. The number of halogens is 4. The zero-order chi connectivity index (χ0) is 21.4. The van der Waals surface area contributed by atoms with E-state index in [0.717, 1.165) is 36.9 Å². The lowest BCUT2D eigenvalue weighted by molar-refractivity contribution is -0.141. The summed E-state index contributed by atoms with van der Waals surface area (Å²) >= 11 is 6.08. The molecule has 0 saturated heterocycles. The lowest BCUT2D eigenvalue weighted by Crippen LogP contribution is -2.27. The smallest absolute Gasteiger partial charge is 0.433 e. The second-order valence-corrected chi connectivity index (χ2v) is 7.88. The molecule has 0 atom stereocenters. The number of hydrogen-bond acceptors (Lipinski definition) is 6. The van der Waals surface area contributed by atoms with Crippen LogP contribution in [0.5, 0.6) is 6.01 Å². The number of hydrogen-bond donors (Lipinski definition) is 0. The molecule has 13 heteroatoms. The van der Waals surface area contributed by atoms with Crippen LogP contribution in [0.4, 0.5) is 18.9 Å². The summed E-state index contributed by atoms with van der Waals surface area (Å²) in [4.78, 5) is 15.6. The fourth-order valence-electron chi connectivity index (χ4n) is 2.22. The van der Waals surface area contributed by atoms with Crippen LogP contribution in [0.1, 0.15) is 11.3 Å². The van der Waals surface area contributed by atoms with E-state index in [4.69, 9.17) is 16.3 Å². The quantitative estimate of drug-likeness (QED) is 0.727. The highest BCUT2D eigenvalue weighted by Gasteiger charge is 2.35. The van der Waals surface area contributed by atoms with E-state index >= 15 is 0 Å². The minimum atomic E-state index is -4.89. The third kappa shape index (κ3) is 4.05. The van der Waals surface area contributed by atoms with Crippen LogP contribution in [0.2, 0.25) is 5.02 Å². The monoisotopic (exact) mass is 436 g/mol. The molecule has 2 aromatic rings. The van der Waals surface area contributed by atoms with Crippen LogP contribution in [0.3, 0.4) is 0 Å². The summed E-state index contributed by atoms with van der Waals surface area (Å²) in [6.45, 7) is 0. The molecule has 0 aliphatic heterocycles. The number of aromatic nitrogens is 2. The van der Waals surface area contributed by atoms with Crippen LogP contribution < -0.4 is 14.6 Å². The van der Waals surface area contributed by atoms with E-state index in [2.05, 4.69) is 4.98 Å². The highest BCUT2D eigenvalue weighted by Crippen LogP contribution is 2.33. The van der Waals surface area contributed by atoms with Gasteiger partial charge < -0.3 is 4.74 Å². The number of benzene rings is 1. The number of ether oxygens (including phenoxy) is 1. The Hall–Kier alpha value is -2.78. The Morgan fingerprint density at radius 3 is 2.39 bits per heavy atom. The molecule has 1 aromatic heterocycles. The van der Waals surface area contributed by atoms with Crippen LogP contribution in [-0.2, 0) is 16.2 Å². The molecule has 1 heterocycles. The standard InChI is InChI=1S/C15H12ClF3N4O4S/c1-22(28(3,25)26)10-5-11(9(16)4-8(10)7-20)23-13(24)6-12(15(17,18)19)21-14(23)27-2/h4-6H,1-3H3. The van der Waals surface area contributed by atoms with E-state index < -0.39 is 33.5 Å². The minimum Gasteiger partial charge on any atom is -0.468 e. The van der Waals surface area contributed by atoms with Gasteiger partial charge in [0.05, 0.1) is 35.3 Å². The second kappa shape index (κ2) is 7.33. The van der Waals surface area contributed by atoms with E-state index in [-0.39, 0.29) is 28.0 Å². The number of alkyl halides is 3. The summed E-state index contributed by atoms with van der Waals surface area (Å²) in [5, 5.41) is 9.04. The number of rotatable bonds is 4. The topological polar surface area (TPSA) is 105 Å². The number of sulfonamides is 1. The molecule has 28 heavy (non-hydrogen) atoms. The summed E-state index contributed by atoms with van der Waals surface area (Å²) in [5.41, 5.74) is -3.12. The molecule has 0 fully saturated rings. The van der Waals surface area contributed by atoms with Crippen molar-refractivity contribution in [1.29, 1.82) is 5.26 Å². The van der Waals surface area contributed by atoms with Gasteiger partial charge in [0.2, 0.25) is 10.0 Å². The summed E-state index contributed by atoms with van der Waals surface area (Å²) in [7, 11) is -1.64. The Bertz CT molecular complexity index is 1140. The maximum atomic E-state index is 12.9. The molecule has 0 bridgehead atoms. The predicted molar refractivity (Wildman–Crippen MR) is 94.4 cm³/mol. The Morgan fingerprint density at radius 2 is 1.93 bits per heavy atom. The van der Waals surface area contributed by atoms with Crippen molar-refractivity contribution < 1.29 is 26.3 Å². The van der Waals surface area contributed by atoms with Crippen LogP contribution in [0.25, 0.3) is 5.69 Å². The first-order chi connectivity index (χ1) is 12.8. The number of methoxy groups -OCH3 is 1. The van der Waals surface area contributed by atoms with Crippen molar-refractivity contribution in [1.82, 2.24) is 9.55 Å². The summed E-state index contributed by atoms with van der Waals surface area (Å²) in [6.07, 6.45) is -4.00. The van der Waals surface area contributed by atoms with Crippen molar-refractivity contribution in [2.75, 3.05) is 24.7 Å². The number of anilines is 1. The predicted octanol–water partition coefficient (Wildman–Crippen LogP) is 2.18. The van der Waals surface area contributed by atoms with Crippen LogP contribution >= 0.6 is 11.6 Å². The van der Waals surface area contributed by atoms with Gasteiger partial charge in [-0.25, -0.2) is 13.0 Å². The SMILES string of the molecule is COc1nc(C(F)(F)F)cc(=O)n1-c1cc(N(C)S(C)(=O)=O)c(C#N)cc1Cl. The maximum Gasteiger partial charge on any atom is 0.433 e. The molecule has 1 aromatic carbocycles. The minimum absolute atomic E-state index is 0.131. The van der Waals surface area contributed by atoms with E-state index in [0.29, 0.717) is 4.57 Å². The molecule has 0 aliphatic rings. The van der Waals surface area contributed by atoms with E-state index in [1.54, 1.807) is 6.07 Å². The van der Waals surface area contributed by atoms with Gasteiger partial charge in [-0.3, -0.25) is 9.10 Å². The average molecular weight is 437 g/mol. The molecule has 150 valence electrons. The summed E-state index contributed by atoms with van der Waals surface area (Å²) < 4.78 is 68.5. The van der Waals surface area contributed by atoms with E-state index in [1.807, 2.05) is 0 Å². The lowest BCUT2D eigenvalue weighted by Gasteiger charge is -2.21. The van der Waals surface area contributed by atoms with Gasteiger partial charge in [0.25, 0.3) is 5.56 Å². The van der Waals surface area contributed by atoms with Gasteiger partial charge in [0.1, 0.15) is 6.07 Å². The van der Waals surface area contributed by atoms with Gasteiger partial charge in [-0.1, -0.05) is 11.6 Å². The summed E-state index contributed by atoms with van der Waals surface area (Å²) in [5.74, 6) is 0. The van der Waals surface area contributed by atoms with Gasteiger partial charge in [0.15, 0.2) is 5.69 Å². The van der Waals surface area contributed by atoms with Crippen molar-refractivity contribution in [3.8, 4) is 17.8 Å². The Kier molecular flexibility index (Phi) is 5.63. The fourth-order valence-corrected chi connectivity index (χ4v) is 2.97. The maximum absolute atomic E-state index is 12.9. The lowest BCUT2D eigenvalue weighted by atomic mass is 10.1. The van der Waals surface area contributed by atoms with E-state index in [1.165, 1.54) is 0 Å². The Labute approximate surface area is 162 Å². The molecule has 0 aliphatic carbocycles. The Balaban J connectivity index is 2.86. The van der Waals surface area contributed by atoms with Gasteiger partial charge in [-0.05, 0) is 12.1 Å². The zero-order valence-corrected chi connectivity index (χ0v) is 16.1. The third-order valence-electron chi connectivity index (χ3n) is 3.62. The van der Waals surface area contributed by atoms with Crippen molar-refractivity contribution in [2.45, 2.75) is 6.18 Å². The molecule has 0 radical (unpaired) electrons.